The first kappa shape index (κ1) is 12.7. The van der Waals surface area contributed by atoms with Gasteiger partial charge in [0.1, 0.15) is 11.4 Å². The number of nitrogens with zero attached hydrogens (tertiary/aromatic N) is 1. The fraction of sp³-hybridized carbons (Fsp3) is 0.357. The number of amides is 2. The van der Waals surface area contributed by atoms with E-state index in [0.29, 0.717) is 36.5 Å². The number of carbonyl (C=O) groups is 2. The Morgan fingerprint density at radius 3 is 3.05 bits per heavy atom. The molecule has 6 nitrogen and oxygen atoms in total. The lowest BCUT2D eigenvalue weighted by Gasteiger charge is -2.18. The third kappa shape index (κ3) is 2.13. The standard InChI is InChI=1S/C14H14N2O4/c1-2-19-8-3-5-11-10(7-8)13(16-20-11)9-4-6-12(17)15-14(9)18/h3,5,7,9H,2,4,6H2,1H3,(H,15,17,18). The van der Waals surface area contributed by atoms with E-state index in [4.69, 9.17) is 9.26 Å². The molecule has 0 aliphatic carbocycles. The molecule has 1 aromatic heterocycles. The smallest absolute Gasteiger partial charge is 0.235 e. The van der Waals surface area contributed by atoms with Crippen LogP contribution < -0.4 is 10.1 Å². The van der Waals surface area contributed by atoms with Crippen molar-refractivity contribution < 1.29 is 18.8 Å². The molecule has 1 saturated heterocycles. The number of ether oxygens (including phenoxy) is 1. The molecule has 104 valence electrons. The van der Waals surface area contributed by atoms with Crippen molar-refractivity contribution in [3.8, 4) is 5.75 Å². The van der Waals surface area contributed by atoms with Gasteiger partial charge >= 0.3 is 0 Å². The van der Waals surface area contributed by atoms with E-state index in [9.17, 15) is 9.59 Å². The maximum Gasteiger partial charge on any atom is 0.235 e. The lowest BCUT2D eigenvalue weighted by molar-refractivity contribution is -0.134. The first-order valence-corrected chi connectivity index (χ1v) is 6.55. The van der Waals surface area contributed by atoms with Crippen LogP contribution in [-0.4, -0.2) is 23.6 Å². The van der Waals surface area contributed by atoms with Crippen molar-refractivity contribution in [2.75, 3.05) is 6.61 Å². The van der Waals surface area contributed by atoms with Gasteiger partial charge in [0.05, 0.1) is 12.5 Å². The zero-order valence-corrected chi connectivity index (χ0v) is 11.0. The molecule has 3 rings (SSSR count). The Hall–Kier alpha value is -2.37. The Morgan fingerprint density at radius 2 is 2.30 bits per heavy atom. The van der Waals surface area contributed by atoms with Gasteiger partial charge in [0.25, 0.3) is 0 Å². The average Bonchev–Trinajstić information content (AvgIpc) is 2.82. The Balaban J connectivity index is 2.00. The van der Waals surface area contributed by atoms with E-state index < -0.39 is 5.92 Å². The van der Waals surface area contributed by atoms with Crippen LogP contribution in [0.4, 0.5) is 0 Å². The lowest BCUT2D eigenvalue weighted by Crippen LogP contribution is -2.39. The normalized spacial score (nSPS) is 19.1. The Kier molecular flexibility index (Phi) is 3.14. The number of rotatable bonds is 3. The summed E-state index contributed by atoms with van der Waals surface area (Å²) in [6.45, 7) is 2.46. The number of fused-ring (bicyclic) bond motifs is 1. The summed E-state index contributed by atoms with van der Waals surface area (Å²) in [6, 6.07) is 5.38. The second-order valence-corrected chi connectivity index (χ2v) is 4.66. The molecule has 1 aliphatic rings. The quantitative estimate of drug-likeness (QED) is 0.862. The summed E-state index contributed by atoms with van der Waals surface area (Å²) in [5, 5.41) is 7.08. The van der Waals surface area contributed by atoms with Crippen LogP contribution in [0.25, 0.3) is 11.0 Å². The van der Waals surface area contributed by atoms with Crippen LogP contribution in [-0.2, 0) is 9.59 Å². The molecule has 1 N–H and O–H groups in total. The maximum absolute atomic E-state index is 11.9. The fourth-order valence-electron chi connectivity index (χ4n) is 2.40. The summed E-state index contributed by atoms with van der Waals surface area (Å²) in [5.74, 6) is -0.310. The van der Waals surface area contributed by atoms with E-state index in [-0.39, 0.29) is 11.8 Å². The van der Waals surface area contributed by atoms with Gasteiger partial charge in [-0.3, -0.25) is 14.9 Å². The highest BCUT2D eigenvalue weighted by atomic mass is 16.5. The summed E-state index contributed by atoms with van der Waals surface area (Å²) >= 11 is 0. The van der Waals surface area contributed by atoms with Crippen LogP contribution in [0.15, 0.2) is 22.7 Å². The number of imide groups is 1. The van der Waals surface area contributed by atoms with Crippen molar-refractivity contribution in [1.82, 2.24) is 10.5 Å². The summed E-state index contributed by atoms with van der Waals surface area (Å²) in [7, 11) is 0. The minimum atomic E-state index is -0.453. The van der Waals surface area contributed by atoms with Crippen LogP contribution in [0.1, 0.15) is 31.4 Å². The number of aromatic nitrogens is 1. The zero-order chi connectivity index (χ0) is 14.1. The van der Waals surface area contributed by atoms with Crippen molar-refractivity contribution in [1.29, 1.82) is 0 Å². The van der Waals surface area contributed by atoms with Gasteiger partial charge in [0.15, 0.2) is 5.58 Å². The molecular weight excluding hydrogens is 260 g/mol. The molecule has 6 heteroatoms. The van der Waals surface area contributed by atoms with Crippen molar-refractivity contribution in [3.05, 3.63) is 23.9 Å². The molecule has 0 saturated carbocycles. The minimum absolute atomic E-state index is 0.242. The van der Waals surface area contributed by atoms with Crippen molar-refractivity contribution in [2.45, 2.75) is 25.7 Å². The predicted molar refractivity (Wildman–Crippen MR) is 70.3 cm³/mol. The van der Waals surface area contributed by atoms with E-state index in [1.54, 1.807) is 12.1 Å². The molecule has 2 heterocycles. The van der Waals surface area contributed by atoms with Gasteiger partial charge in [-0.2, -0.15) is 0 Å². The lowest BCUT2D eigenvalue weighted by atomic mass is 9.93. The van der Waals surface area contributed by atoms with E-state index in [0.717, 1.165) is 5.39 Å². The summed E-state index contributed by atoms with van der Waals surface area (Å²) in [5.41, 5.74) is 1.17. The van der Waals surface area contributed by atoms with Crippen molar-refractivity contribution in [3.63, 3.8) is 0 Å². The van der Waals surface area contributed by atoms with E-state index in [1.165, 1.54) is 0 Å². The zero-order valence-electron chi connectivity index (χ0n) is 11.0. The van der Waals surface area contributed by atoms with Gasteiger partial charge in [-0.25, -0.2) is 0 Å². The first-order chi connectivity index (χ1) is 9.69. The van der Waals surface area contributed by atoms with E-state index in [1.807, 2.05) is 13.0 Å². The third-order valence-electron chi connectivity index (χ3n) is 3.35. The molecule has 2 aromatic rings. The third-order valence-corrected chi connectivity index (χ3v) is 3.35. The van der Waals surface area contributed by atoms with Gasteiger partial charge in [0, 0.05) is 11.8 Å². The van der Waals surface area contributed by atoms with Crippen LogP contribution in [0.5, 0.6) is 5.75 Å². The molecule has 2 amide bonds. The molecule has 1 aromatic carbocycles. The highest BCUT2D eigenvalue weighted by Gasteiger charge is 2.31. The highest BCUT2D eigenvalue weighted by Crippen LogP contribution is 2.32. The largest absolute Gasteiger partial charge is 0.494 e. The molecule has 0 bridgehead atoms. The van der Waals surface area contributed by atoms with Crippen LogP contribution in [0.2, 0.25) is 0 Å². The Bertz CT molecular complexity index is 677. The second kappa shape index (κ2) is 4.96. The summed E-state index contributed by atoms with van der Waals surface area (Å²) in [4.78, 5) is 23.1. The number of carbonyl (C=O) groups excluding carboxylic acids is 2. The van der Waals surface area contributed by atoms with Crippen LogP contribution >= 0.6 is 0 Å². The van der Waals surface area contributed by atoms with E-state index >= 15 is 0 Å². The Morgan fingerprint density at radius 1 is 1.45 bits per heavy atom. The fourth-order valence-corrected chi connectivity index (χ4v) is 2.40. The van der Waals surface area contributed by atoms with Crippen molar-refractivity contribution in [2.24, 2.45) is 0 Å². The number of hydrogen-bond donors (Lipinski definition) is 1. The molecule has 0 radical (unpaired) electrons. The number of nitrogens with one attached hydrogen (secondary N) is 1. The van der Waals surface area contributed by atoms with Gasteiger partial charge in [-0.15, -0.1) is 0 Å². The molecule has 1 fully saturated rings. The molecule has 20 heavy (non-hydrogen) atoms. The van der Waals surface area contributed by atoms with Gasteiger partial charge in [-0.05, 0) is 31.5 Å². The monoisotopic (exact) mass is 274 g/mol. The summed E-state index contributed by atoms with van der Waals surface area (Å²) < 4.78 is 10.7. The SMILES string of the molecule is CCOc1ccc2onc(C3CCC(=O)NC3=O)c2c1. The van der Waals surface area contributed by atoms with E-state index in [2.05, 4.69) is 10.5 Å². The van der Waals surface area contributed by atoms with Gasteiger partial charge in [0.2, 0.25) is 11.8 Å². The van der Waals surface area contributed by atoms with Crippen LogP contribution in [0.3, 0.4) is 0 Å². The van der Waals surface area contributed by atoms with Gasteiger partial charge < -0.3 is 9.26 Å². The minimum Gasteiger partial charge on any atom is -0.494 e. The predicted octanol–water partition coefficient (Wildman–Crippen LogP) is 1.75. The Labute approximate surface area is 115 Å². The molecule has 1 aliphatic heterocycles. The second-order valence-electron chi connectivity index (χ2n) is 4.66. The molecular formula is C14H14N2O4. The maximum atomic E-state index is 11.9. The van der Waals surface area contributed by atoms with Gasteiger partial charge in [-0.1, -0.05) is 5.16 Å². The first-order valence-electron chi connectivity index (χ1n) is 6.55. The summed E-state index contributed by atoms with van der Waals surface area (Å²) in [6.07, 6.45) is 0.765. The molecule has 1 unspecified atom stereocenters. The number of benzene rings is 1. The highest BCUT2D eigenvalue weighted by molar-refractivity contribution is 6.02. The van der Waals surface area contributed by atoms with Crippen LogP contribution in [0, 0.1) is 0 Å². The molecule has 1 atom stereocenters. The number of piperidine rings is 1. The topological polar surface area (TPSA) is 81.4 Å². The molecule has 0 spiro atoms. The number of hydrogen-bond acceptors (Lipinski definition) is 5. The van der Waals surface area contributed by atoms with Crippen molar-refractivity contribution >= 4 is 22.8 Å². The average molecular weight is 274 g/mol.